The highest BCUT2D eigenvalue weighted by atomic mass is 32.2. The Morgan fingerprint density at radius 2 is 1.87 bits per heavy atom. The van der Waals surface area contributed by atoms with Gasteiger partial charge in [0.2, 0.25) is 5.91 Å². The number of amides is 1. The third-order valence-corrected chi connectivity index (χ3v) is 6.02. The maximum Gasteiger partial charge on any atom is 0.364 e. The summed E-state index contributed by atoms with van der Waals surface area (Å²) in [6.45, 7) is 1.88. The van der Waals surface area contributed by atoms with Gasteiger partial charge >= 0.3 is 5.97 Å². The van der Waals surface area contributed by atoms with Crippen molar-refractivity contribution in [2.45, 2.75) is 61.4 Å². The minimum atomic E-state index is -4.29. The molecule has 1 heterocycles. The normalized spacial score (nSPS) is 28.5. The summed E-state index contributed by atoms with van der Waals surface area (Å²) in [5.41, 5.74) is 0.803. The van der Waals surface area contributed by atoms with Gasteiger partial charge in [-0.05, 0) is 19.1 Å². The van der Waals surface area contributed by atoms with Crippen molar-refractivity contribution in [1.29, 1.82) is 0 Å². The van der Waals surface area contributed by atoms with Crippen LogP contribution in [0.5, 0.6) is 0 Å². The Balaban J connectivity index is 2.17. The molecule has 1 aliphatic heterocycles. The molecule has 2 rings (SSSR count). The number of carboxylic acid groups (broad SMARTS) is 1. The molecule has 13 heteroatoms. The van der Waals surface area contributed by atoms with Crippen LogP contribution in [-0.2, 0) is 28.6 Å². The fraction of sp³-hybridized carbons (Fsp3) is 0.556. The van der Waals surface area contributed by atoms with Gasteiger partial charge in [-0.1, -0.05) is 17.7 Å². The highest BCUT2D eigenvalue weighted by Crippen LogP contribution is 2.30. The summed E-state index contributed by atoms with van der Waals surface area (Å²) in [5.74, 6) is -5.44. The second-order valence-electron chi connectivity index (χ2n) is 7.28. The van der Waals surface area contributed by atoms with Gasteiger partial charge in [0, 0.05) is 13.3 Å². The second kappa shape index (κ2) is 9.56. The molecule has 1 aromatic rings. The van der Waals surface area contributed by atoms with Gasteiger partial charge in [0.1, 0.15) is 18.3 Å². The lowest BCUT2D eigenvalue weighted by molar-refractivity contribution is -0.294. The molecule has 6 N–H and O–H groups in total. The molecule has 31 heavy (non-hydrogen) atoms. The van der Waals surface area contributed by atoms with E-state index in [1.165, 1.54) is 24.3 Å². The standard InChI is InChI=1S/C18H25NO11S/c1-9-3-5-11(6-4-9)31(27,28)29-8-13(22)15(23)16-14(19-10(2)20)12(21)7-18(26,30-16)17(24)25/h3-6,12-16,21-23,26H,7-8H2,1-2H3,(H,19,20)(H,24,25)/t12?,13?,14-,15-,16?,18+/m1/s1. The molecule has 3 unspecified atom stereocenters. The number of nitrogens with one attached hydrogen (secondary N) is 1. The predicted octanol–water partition coefficient (Wildman–Crippen LogP) is -2.15. The van der Waals surface area contributed by atoms with Crippen molar-refractivity contribution in [1.82, 2.24) is 5.32 Å². The fourth-order valence-electron chi connectivity index (χ4n) is 3.06. The fourth-order valence-corrected chi connectivity index (χ4v) is 3.98. The van der Waals surface area contributed by atoms with E-state index < -0.39 is 71.3 Å². The summed E-state index contributed by atoms with van der Waals surface area (Å²) >= 11 is 0. The molecule has 0 spiro atoms. The lowest BCUT2D eigenvalue weighted by Gasteiger charge is -2.44. The molecule has 1 fully saturated rings. The summed E-state index contributed by atoms with van der Waals surface area (Å²) in [4.78, 5) is 22.5. The zero-order valence-electron chi connectivity index (χ0n) is 16.7. The van der Waals surface area contributed by atoms with E-state index in [-0.39, 0.29) is 4.90 Å². The zero-order chi connectivity index (χ0) is 23.6. The second-order valence-corrected chi connectivity index (χ2v) is 8.89. The number of hydrogen-bond acceptors (Lipinski definition) is 10. The number of aliphatic hydroxyl groups is 4. The number of benzene rings is 1. The van der Waals surface area contributed by atoms with Crippen LogP contribution in [0.3, 0.4) is 0 Å². The van der Waals surface area contributed by atoms with Crippen LogP contribution >= 0.6 is 0 Å². The first kappa shape index (κ1) is 25.1. The van der Waals surface area contributed by atoms with Crippen LogP contribution in [0.4, 0.5) is 0 Å². The number of carbonyl (C=O) groups excluding carboxylic acids is 1. The average molecular weight is 463 g/mol. The number of aliphatic hydroxyl groups excluding tert-OH is 3. The van der Waals surface area contributed by atoms with Crippen molar-refractivity contribution in [3.8, 4) is 0 Å². The number of aliphatic carboxylic acids is 1. The molecular formula is C18H25NO11S. The van der Waals surface area contributed by atoms with Crippen molar-refractivity contribution in [3.05, 3.63) is 29.8 Å². The van der Waals surface area contributed by atoms with Gasteiger partial charge in [-0.3, -0.25) is 8.98 Å². The summed E-state index contributed by atoms with van der Waals surface area (Å²) < 4.78 is 34.2. The predicted molar refractivity (Wildman–Crippen MR) is 102 cm³/mol. The SMILES string of the molecule is CC(=O)N[C@@H]1C(O)C[C@@](O)(C(=O)O)OC1[C@H](O)C(O)COS(=O)(=O)c1ccc(C)cc1. The highest BCUT2D eigenvalue weighted by Gasteiger charge is 2.54. The van der Waals surface area contributed by atoms with Crippen LogP contribution in [0, 0.1) is 6.92 Å². The molecule has 0 aliphatic carbocycles. The minimum absolute atomic E-state index is 0.194. The lowest BCUT2D eigenvalue weighted by Crippen LogP contribution is -2.67. The Labute approximate surface area is 178 Å². The molecule has 0 bridgehead atoms. The van der Waals surface area contributed by atoms with E-state index in [0.29, 0.717) is 0 Å². The van der Waals surface area contributed by atoms with Gasteiger partial charge in [0.25, 0.3) is 15.9 Å². The van der Waals surface area contributed by atoms with Crippen LogP contribution in [-0.4, -0.2) is 88.7 Å². The van der Waals surface area contributed by atoms with Crippen LogP contribution in [0.1, 0.15) is 18.9 Å². The first-order valence-corrected chi connectivity index (χ1v) is 10.6. The van der Waals surface area contributed by atoms with Crippen LogP contribution in [0.2, 0.25) is 0 Å². The molecule has 1 saturated heterocycles. The van der Waals surface area contributed by atoms with Crippen molar-refractivity contribution in [2.75, 3.05) is 6.61 Å². The smallest absolute Gasteiger partial charge is 0.364 e. The summed E-state index contributed by atoms with van der Waals surface area (Å²) in [6, 6.07) is 4.23. The van der Waals surface area contributed by atoms with E-state index in [2.05, 4.69) is 5.32 Å². The Kier molecular flexibility index (Phi) is 7.75. The van der Waals surface area contributed by atoms with Gasteiger partial charge in [0.05, 0.1) is 23.6 Å². The van der Waals surface area contributed by atoms with E-state index >= 15 is 0 Å². The number of hydrogen-bond donors (Lipinski definition) is 6. The summed E-state index contributed by atoms with van der Waals surface area (Å²) in [6.07, 6.45) is -8.31. The summed E-state index contributed by atoms with van der Waals surface area (Å²) in [7, 11) is -4.29. The molecule has 0 radical (unpaired) electrons. The third-order valence-electron chi connectivity index (χ3n) is 4.72. The monoisotopic (exact) mass is 463 g/mol. The van der Waals surface area contributed by atoms with Crippen LogP contribution in [0.15, 0.2) is 29.2 Å². The van der Waals surface area contributed by atoms with Gasteiger partial charge < -0.3 is 35.6 Å². The molecule has 1 amide bonds. The van der Waals surface area contributed by atoms with Gasteiger partial charge in [0.15, 0.2) is 0 Å². The molecule has 0 aromatic heterocycles. The third kappa shape index (κ3) is 5.98. The molecule has 6 atom stereocenters. The largest absolute Gasteiger partial charge is 0.477 e. The van der Waals surface area contributed by atoms with Gasteiger partial charge in [-0.25, -0.2) is 4.79 Å². The first-order chi connectivity index (χ1) is 14.3. The van der Waals surface area contributed by atoms with Crippen LogP contribution in [0.25, 0.3) is 0 Å². The van der Waals surface area contributed by atoms with Crippen molar-refractivity contribution >= 4 is 22.0 Å². The van der Waals surface area contributed by atoms with Gasteiger partial charge in [-0.15, -0.1) is 0 Å². The van der Waals surface area contributed by atoms with E-state index in [1.807, 2.05) is 0 Å². The molecule has 1 aliphatic rings. The van der Waals surface area contributed by atoms with Crippen molar-refractivity contribution in [3.63, 3.8) is 0 Å². The first-order valence-electron chi connectivity index (χ1n) is 9.18. The van der Waals surface area contributed by atoms with Gasteiger partial charge in [-0.2, -0.15) is 8.42 Å². The van der Waals surface area contributed by atoms with E-state index in [4.69, 9.17) is 14.0 Å². The number of ether oxygens (including phenoxy) is 1. The van der Waals surface area contributed by atoms with E-state index in [1.54, 1.807) is 6.92 Å². The van der Waals surface area contributed by atoms with Crippen LogP contribution < -0.4 is 5.32 Å². The Morgan fingerprint density at radius 1 is 1.29 bits per heavy atom. The molecule has 0 saturated carbocycles. The van der Waals surface area contributed by atoms with E-state index in [0.717, 1.165) is 12.5 Å². The van der Waals surface area contributed by atoms with Crippen molar-refractivity contribution in [2.24, 2.45) is 0 Å². The lowest BCUT2D eigenvalue weighted by atomic mass is 9.88. The Hall–Kier alpha value is -2.13. The molecular weight excluding hydrogens is 438 g/mol. The highest BCUT2D eigenvalue weighted by molar-refractivity contribution is 7.86. The molecule has 174 valence electrons. The minimum Gasteiger partial charge on any atom is -0.477 e. The Morgan fingerprint density at radius 3 is 2.39 bits per heavy atom. The summed E-state index contributed by atoms with van der Waals surface area (Å²) in [5, 5.41) is 52.4. The number of carbonyl (C=O) groups is 2. The quantitative estimate of drug-likeness (QED) is 0.230. The molecule has 12 nitrogen and oxygen atoms in total. The van der Waals surface area contributed by atoms with Crippen molar-refractivity contribution < 1.29 is 52.5 Å². The Bertz CT molecular complexity index is 904. The average Bonchev–Trinajstić information content (AvgIpc) is 2.67. The number of aryl methyl sites for hydroxylation is 1. The van der Waals surface area contributed by atoms with E-state index in [9.17, 15) is 38.4 Å². The topological polar surface area (TPSA) is 200 Å². The maximum absolute atomic E-state index is 12.2. The molecule has 1 aromatic carbocycles. The zero-order valence-corrected chi connectivity index (χ0v) is 17.5. The maximum atomic E-state index is 12.2. The number of carboxylic acids is 1. The number of rotatable bonds is 8.